The highest BCUT2D eigenvalue weighted by Gasteiger charge is 2.27. The molecule has 1 amide bonds. The van der Waals surface area contributed by atoms with E-state index in [4.69, 9.17) is 0 Å². The lowest BCUT2D eigenvalue weighted by Crippen LogP contribution is -2.47. The quantitative estimate of drug-likeness (QED) is 0.731. The molecule has 1 fully saturated rings. The van der Waals surface area contributed by atoms with Gasteiger partial charge in [0, 0.05) is 43.5 Å². The number of aryl methyl sites for hydroxylation is 2. The van der Waals surface area contributed by atoms with E-state index in [1.807, 2.05) is 24.9 Å². The van der Waals surface area contributed by atoms with E-state index in [1.54, 1.807) is 43.3 Å². The number of benzene rings is 2. The lowest BCUT2D eigenvalue weighted by molar-refractivity contribution is 0.0615. The molecule has 1 saturated heterocycles. The van der Waals surface area contributed by atoms with E-state index in [0.29, 0.717) is 22.9 Å². The molecule has 1 aliphatic rings. The van der Waals surface area contributed by atoms with E-state index in [2.05, 4.69) is 23.5 Å². The summed E-state index contributed by atoms with van der Waals surface area (Å²) in [6.07, 6.45) is 1.93. The Morgan fingerprint density at radius 2 is 1.68 bits per heavy atom. The smallest absolute Gasteiger partial charge is 0.262 e. The summed E-state index contributed by atoms with van der Waals surface area (Å²) in [5.41, 5.74) is 2.57. The number of hydrogen-bond donors (Lipinski definition) is 1. The number of amides is 1. The fraction of sp³-hybridized carbons (Fsp3) is 0.458. The third kappa shape index (κ3) is 5.46. The van der Waals surface area contributed by atoms with Gasteiger partial charge in [-0.2, -0.15) is 0 Å². The van der Waals surface area contributed by atoms with Gasteiger partial charge in [0.25, 0.3) is 15.9 Å². The average molecular weight is 444 g/mol. The summed E-state index contributed by atoms with van der Waals surface area (Å²) in [5, 5.41) is 0. The van der Waals surface area contributed by atoms with E-state index in [9.17, 15) is 13.2 Å². The molecule has 6 nitrogen and oxygen atoms in total. The topological polar surface area (TPSA) is 69.7 Å². The van der Waals surface area contributed by atoms with Crippen LogP contribution in [0.1, 0.15) is 48.2 Å². The van der Waals surface area contributed by atoms with Crippen LogP contribution in [0.5, 0.6) is 0 Å². The zero-order chi connectivity index (χ0) is 22.8. The fourth-order valence-corrected chi connectivity index (χ4v) is 5.44. The number of likely N-dealkylation sites (tertiary alicyclic amines) is 1. The largest absolute Gasteiger partial charge is 0.339 e. The first-order chi connectivity index (χ1) is 14.6. The first kappa shape index (κ1) is 23.3. The molecular formula is C24H33N3O3S. The van der Waals surface area contributed by atoms with Gasteiger partial charge in [0.15, 0.2) is 0 Å². The van der Waals surface area contributed by atoms with Crippen LogP contribution < -0.4 is 4.72 Å². The van der Waals surface area contributed by atoms with Crippen molar-refractivity contribution in [3.05, 3.63) is 59.2 Å². The molecular weight excluding hydrogens is 410 g/mol. The normalized spacial score (nSPS) is 15.8. The minimum Gasteiger partial charge on any atom is -0.339 e. The van der Waals surface area contributed by atoms with Gasteiger partial charge in [0.05, 0.1) is 4.90 Å². The Hall–Kier alpha value is -2.38. The Morgan fingerprint density at radius 1 is 1.06 bits per heavy atom. The standard InChI is InChI=1S/C24H33N3O3S/c1-17(2)27-14-12-22(13-15-27)26(5)24(28)20-8-10-21(11-9-20)25-31(29,30)23-16-18(3)6-7-19(23)4/h6-11,16-17,22,25H,12-15H2,1-5H3. The van der Waals surface area contributed by atoms with Gasteiger partial charge in [-0.1, -0.05) is 12.1 Å². The van der Waals surface area contributed by atoms with Crippen molar-refractivity contribution in [2.75, 3.05) is 24.9 Å². The Balaban J connectivity index is 1.67. The molecule has 2 aromatic carbocycles. The molecule has 31 heavy (non-hydrogen) atoms. The maximum absolute atomic E-state index is 12.9. The van der Waals surface area contributed by atoms with E-state index in [0.717, 1.165) is 31.5 Å². The second-order valence-electron chi connectivity index (χ2n) is 8.73. The monoisotopic (exact) mass is 443 g/mol. The molecule has 168 valence electrons. The summed E-state index contributed by atoms with van der Waals surface area (Å²) in [6, 6.07) is 12.8. The summed E-state index contributed by atoms with van der Waals surface area (Å²) in [6.45, 7) is 10.0. The second-order valence-corrected chi connectivity index (χ2v) is 10.4. The van der Waals surface area contributed by atoms with Crippen molar-refractivity contribution >= 4 is 21.6 Å². The number of carbonyl (C=O) groups excluding carboxylic acids is 1. The van der Waals surface area contributed by atoms with Crippen LogP contribution in [0.25, 0.3) is 0 Å². The molecule has 0 spiro atoms. The van der Waals surface area contributed by atoms with E-state index >= 15 is 0 Å². The Labute approximate surface area is 186 Å². The third-order valence-corrected chi connectivity index (χ3v) is 7.64. The predicted molar refractivity (Wildman–Crippen MR) is 125 cm³/mol. The Morgan fingerprint density at radius 3 is 2.26 bits per heavy atom. The van der Waals surface area contributed by atoms with Crippen LogP contribution in [-0.4, -0.2) is 56.3 Å². The number of rotatable bonds is 6. The van der Waals surface area contributed by atoms with Crippen molar-refractivity contribution < 1.29 is 13.2 Å². The number of piperidine rings is 1. The van der Waals surface area contributed by atoms with Crippen molar-refractivity contribution in [1.82, 2.24) is 9.80 Å². The molecule has 0 atom stereocenters. The van der Waals surface area contributed by atoms with Gasteiger partial charge in [0.1, 0.15) is 0 Å². The van der Waals surface area contributed by atoms with Gasteiger partial charge < -0.3 is 9.80 Å². The van der Waals surface area contributed by atoms with Crippen molar-refractivity contribution in [3.63, 3.8) is 0 Å². The van der Waals surface area contributed by atoms with Crippen LogP contribution in [0.3, 0.4) is 0 Å². The maximum Gasteiger partial charge on any atom is 0.262 e. The summed E-state index contributed by atoms with van der Waals surface area (Å²) >= 11 is 0. The molecule has 1 N–H and O–H groups in total. The fourth-order valence-electron chi connectivity index (χ4n) is 4.05. The number of sulfonamides is 1. The van der Waals surface area contributed by atoms with Gasteiger partial charge in [-0.15, -0.1) is 0 Å². The highest BCUT2D eigenvalue weighted by atomic mass is 32.2. The molecule has 0 aliphatic carbocycles. The molecule has 1 heterocycles. The zero-order valence-electron chi connectivity index (χ0n) is 19.1. The van der Waals surface area contributed by atoms with Gasteiger partial charge in [-0.25, -0.2) is 8.42 Å². The third-order valence-electron chi connectivity index (χ3n) is 6.11. The van der Waals surface area contributed by atoms with Crippen LogP contribution in [0.4, 0.5) is 5.69 Å². The highest BCUT2D eigenvalue weighted by Crippen LogP contribution is 2.23. The van der Waals surface area contributed by atoms with E-state index in [1.165, 1.54) is 0 Å². The zero-order valence-corrected chi connectivity index (χ0v) is 19.9. The molecule has 7 heteroatoms. The highest BCUT2D eigenvalue weighted by molar-refractivity contribution is 7.92. The molecule has 0 saturated carbocycles. The first-order valence-corrected chi connectivity index (χ1v) is 12.3. The van der Waals surface area contributed by atoms with Crippen LogP contribution in [0.15, 0.2) is 47.4 Å². The Bertz CT molecular complexity index is 1020. The van der Waals surface area contributed by atoms with Gasteiger partial charge >= 0.3 is 0 Å². The van der Waals surface area contributed by atoms with Crippen molar-refractivity contribution in [3.8, 4) is 0 Å². The van der Waals surface area contributed by atoms with E-state index < -0.39 is 10.0 Å². The number of anilines is 1. The lowest BCUT2D eigenvalue weighted by Gasteiger charge is -2.38. The Kier molecular flexibility index (Phi) is 7.06. The summed E-state index contributed by atoms with van der Waals surface area (Å²) < 4.78 is 28.2. The van der Waals surface area contributed by atoms with Crippen LogP contribution >= 0.6 is 0 Å². The number of hydrogen-bond acceptors (Lipinski definition) is 4. The number of nitrogens with one attached hydrogen (secondary N) is 1. The van der Waals surface area contributed by atoms with Crippen LogP contribution in [0.2, 0.25) is 0 Å². The van der Waals surface area contributed by atoms with Gasteiger partial charge in [0.2, 0.25) is 0 Å². The van der Waals surface area contributed by atoms with Crippen LogP contribution in [-0.2, 0) is 10.0 Å². The van der Waals surface area contributed by atoms with Crippen molar-refractivity contribution in [1.29, 1.82) is 0 Å². The molecule has 3 rings (SSSR count). The molecule has 0 bridgehead atoms. The summed E-state index contributed by atoms with van der Waals surface area (Å²) in [5.74, 6) is -0.0352. The van der Waals surface area contributed by atoms with Crippen molar-refractivity contribution in [2.45, 2.75) is 57.5 Å². The first-order valence-electron chi connectivity index (χ1n) is 10.8. The predicted octanol–water partition coefficient (Wildman–Crippen LogP) is 4.05. The SMILES string of the molecule is Cc1ccc(C)c(S(=O)(=O)Nc2ccc(C(=O)N(C)C3CCN(C(C)C)CC3)cc2)c1. The minimum absolute atomic E-state index is 0.0352. The molecule has 0 unspecified atom stereocenters. The van der Waals surface area contributed by atoms with Crippen LogP contribution in [0, 0.1) is 13.8 Å². The minimum atomic E-state index is -3.70. The number of nitrogens with zero attached hydrogens (tertiary/aromatic N) is 2. The maximum atomic E-state index is 12.9. The molecule has 1 aliphatic heterocycles. The average Bonchev–Trinajstić information content (AvgIpc) is 2.74. The molecule has 2 aromatic rings. The van der Waals surface area contributed by atoms with Gasteiger partial charge in [-0.05, 0) is 82.0 Å². The van der Waals surface area contributed by atoms with Gasteiger partial charge in [-0.3, -0.25) is 9.52 Å². The second kappa shape index (κ2) is 9.40. The summed E-state index contributed by atoms with van der Waals surface area (Å²) in [7, 11) is -1.84. The number of carbonyl (C=O) groups is 1. The van der Waals surface area contributed by atoms with E-state index in [-0.39, 0.29) is 16.8 Å². The molecule has 0 radical (unpaired) electrons. The van der Waals surface area contributed by atoms with Crippen molar-refractivity contribution in [2.24, 2.45) is 0 Å². The molecule has 0 aromatic heterocycles. The lowest BCUT2D eigenvalue weighted by atomic mass is 10.0. The summed E-state index contributed by atoms with van der Waals surface area (Å²) in [4.78, 5) is 17.5.